The largest absolute Gasteiger partial charge is 0.489 e. The Labute approximate surface area is 185 Å². The second-order valence-electron chi connectivity index (χ2n) is 7.94. The normalized spacial score (nSPS) is 11.8. The van der Waals surface area contributed by atoms with Crippen molar-refractivity contribution in [2.24, 2.45) is 0 Å². The first-order valence-corrected chi connectivity index (χ1v) is 10.4. The number of benzene rings is 4. The van der Waals surface area contributed by atoms with Crippen LogP contribution in [0, 0.1) is 0 Å². The zero-order valence-electron chi connectivity index (χ0n) is 17.8. The average molecular weight is 435 g/mol. The van der Waals surface area contributed by atoms with E-state index in [4.69, 9.17) is 4.74 Å². The first-order chi connectivity index (χ1) is 15.4. The lowest BCUT2D eigenvalue weighted by Crippen LogP contribution is -2.17. The molecule has 0 aliphatic heterocycles. The molecular formula is C27H24F3NO. The van der Waals surface area contributed by atoms with Crippen molar-refractivity contribution in [2.75, 3.05) is 7.05 Å². The fourth-order valence-corrected chi connectivity index (χ4v) is 3.74. The molecule has 0 spiro atoms. The molecular weight excluding hydrogens is 411 g/mol. The van der Waals surface area contributed by atoms with Crippen LogP contribution in [-0.2, 0) is 25.9 Å². The van der Waals surface area contributed by atoms with Crippen LogP contribution in [0.25, 0.3) is 10.8 Å². The van der Waals surface area contributed by atoms with E-state index in [0.717, 1.165) is 30.8 Å². The predicted octanol–water partition coefficient (Wildman–Crippen LogP) is 7.07. The van der Waals surface area contributed by atoms with Crippen molar-refractivity contribution in [3.63, 3.8) is 0 Å². The van der Waals surface area contributed by atoms with Crippen molar-refractivity contribution < 1.29 is 17.9 Å². The van der Waals surface area contributed by atoms with Gasteiger partial charge in [0.2, 0.25) is 0 Å². The van der Waals surface area contributed by atoms with Crippen molar-refractivity contribution in [2.45, 2.75) is 25.9 Å². The highest BCUT2D eigenvalue weighted by Gasteiger charge is 2.29. The van der Waals surface area contributed by atoms with Gasteiger partial charge >= 0.3 is 6.18 Å². The summed E-state index contributed by atoms with van der Waals surface area (Å²) in [4.78, 5) is 2.26. The third-order valence-corrected chi connectivity index (χ3v) is 5.38. The Morgan fingerprint density at radius 3 is 2.09 bits per heavy atom. The topological polar surface area (TPSA) is 12.5 Å². The first-order valence-electron chi connectivity index (χ1n) is 10.4. The highest BCUT2D eigenvalue weighted by molar-refractivity contribution is 5.85. The van der Waals surface area contributed by atoms with Crippen LogP contribution in [0.4, 0.5) is 13.2 Å². The van der Waals surface area contributed by atoms with Crippen molar-refractivity contribution >= 4 is 10.8 Å². The number of ether oxygens (including phenoxy) is 1. The zero-order chi connectivity index (χ0) is 22.6. The first kappa shape index (κ1) is 21.9. The van der Waals surface area contributed by atoms with Crippen LogP contribution in [-0.4, -0.2) is 11.9 Å². The van der Waals surface area contributed by atoms with Gasteiger partial charge in [-0.1, -0.05) is 66.7 Å². The second-order valence-corrected chi connectivity index (χ2v) is 7.94. The van der Waals surface area contributed by atoms with Crippen LogP contribution >= 0.6 is 0 Å². The number of hydrogen-bond donors (Lipinski definition) is 0. The standard InChI is InChI=1S/C27H24F3NO/c1-31(18-23-7-4-6-22-5-2-3-8-26(22)23)17-20-11-15-25(16-12-20)32-19-21-9-13-24(14-10-21)27(28,29)30/h2-16H,17-19H2,1H3. The van der Waals surface area contributed by atoms with E-state index in [0.29, 0.717) is 11.3 Å². The Bertz CT molecular complexity index is 1160. The highest BCUT2D eigenvalue weighted by atomic mass is 19.4. The minimum Gasteiger partial charge on any atom is -0.489 e. The fourth-order valence-electron chi connectivity index (χ4n) is 3.74. The minimum atomic E-state index is -4.32. The number of rotatable bonds is 7. The molecule has 0 saturated heterocycles. The second kappa shape index (κ2) is 9.45. The van der Waals surface area contributed by atoms with Gasteiger partial charge in [0.1, 0.15) is 12.4 Å². The van der Waals surface area contributed by atoms with Crippen molar-refractivity contribution in [1.29, 1.82) is 0 Å². The van der Waals surface area contributed by atoms with Crippen LogP contribution in [0.1, 0.15) is 22.3 Å². The summed E-state index contributed by atoms with van der Waals surface area (Å²) in [5, 5.41) is 2.52. The smallest absolute Gasteiger partial charge is 0.416 e. The summed E-state index contributed by atoms with van der Waals surface area (Å²) in [5.74, 6) is 0.686. The van der Waals surface area contributed by atoms with Gasteiger partial charge in [-0.3, -0.25) is 4.90 Å². The zero-order valence-corrected chi connectivity index (χ0v) is 17.8. The van der Waals surface area contributed by atoms with E-state index in [1.54, 1.807) is 0 Å². The molecule has 0 radical (unpaired) electrons. The lowest BCUT2D eigenvalue weighted by atomic mass is 10.0. The monoisotopic (exact) mass is 435 g/mol. The molecule has 2 nitrogen and oxygen atoms in total. The molecule has 0 N–H and O–H groups in total. The number of nitrogens with zero attached hydrogens (tertiary/aromatic N) is 1. The molecule has 0 unspecified atom stereocenters. The average Bonchev–Trinajstić information content (AvgIpc) is 2.78. The van der Waals surface area contributed by atoms with Gasteiger partial charge in [-0.25, -0.2) is 0 Å². The van der Waals surface area contributed by atoms with Gasteiger partial charge in [0.15, 0.2) is 0 Å². The molecule has 0 bridgehead atoms. The van der Waals surface area contributed by atoms with Crippen molar-refractivity contribution in [3.8, 4) is 5.75 Å². The molecule has 0 aliphatic rings. The minimum absolute atomic E-state index is 0.221. The van der Waals surface area contributed by atoms with Crippen molar-refractivity contribution in [3.05, 3.63) is 113 Å². The maximum atomic E-state index is 12.7. The van der Waals surface area contributed by atoms with E-state index < -0.39 is 11.7 Å². The molecule has 32 heavy (non-hydrogen) atoms. The molecule has 5 heteroatoms. The Kier molecular flexibility index (Phi) is 6.47. The summed E-state index contributed by atoms with van der Waals surface area (Å²) in [7, 11) is 2.09. The molecule has 164 valence electrons. The number of fused-ring (bicyclic) bond motifs is 1. The van der Waals surface area contributed by atoms with Crippen LogP contribution in [0.5, 0.6) is 5.75 Å². The van der Waals surface area contributed by atoms with E-state index in [-0.39, 0.29) is 6.61 Å². The van der Waals surface area contributed by atoms with Crippen LogP contribution in [0.15, 0.2) is 91.0 Å². The Morgan fingerprint density at radius 1 is 0.719 bits per heavy atom. The van der Waals surface area contributed by atoms with Gasteiger partial charge in [0, 0.05) is 13.1 Å². The van der Waals surface area contributed by atoms with Gasteiger partial charge in [0.25, 0.3) is 0 Å². The van der Waals surface area contributed by atoms with Crippen molar-refractivity contribution in [1.82, 2.24) is 4.90 Å². The third-order valence-electron chi connectivity index (χ3n) is 5.38. The molecule has 4 aromatic carbocycles. The van der Waals surface area contributed by atoms with Crippen LogP contribution in [0.3, 0.4) is 0 Å². The van der Waals surface area contributed by atoms with Crippen LogP contribution in [0.2, 0.25) is 0 Å². The van der Waals surface area contributed by atoms with Gasteiger partial charge in [-0.05, 0) is 58.8 Å². The predicted molar refractivity (Wildman–Crippen MR) is 121 cm³/mol. The van der Waals surface area contributed by atoms with E-state index in [1.165, 1.54) is 28.5 Å². The molecule has 0 fully saturated rings. The van der Waals surface area contributed by atoms with E-state index in [1.807, 2.05) is 24.3 Å². The quantitative estimate of drug-likeness (QED) is 0.308. The van der Waals surface area contributed by atoms with Gasteiger partial charge in [-0.15, -0.1) is 0 Å². The SMILES string of the molecule is CN(Cc1ccc(OCc2ccc(C(F)(F)F)cc2)cc1)Cc1cccc2ccccc12. The fraction of sp³-hybridized carbons (Fsp3) is 0.185. The Morgan fingerprint density at radius 2 is 1.38 bits per heavy atom. The summed E-state index contributed by atoms with van der Waals surface area (Å²) < 4.78 is 43.7. The Hall–Kier alpha value is -3.31. The number of hydrogen-bond acceptors (Lipinski definition) is 2. The summed E-state index contributed by atoms with van der Waals surface area (Å²) in [6.45, 7) is 1.86. The maximum Gasteiger partial charge on any atom is 0.416 e. The Balaban J connectivity index is 1.32. The highest BCUT2D eigenvalue weighted by Crippen LogP contribution is 2.29. The lowest BCUT2D eigenvalue weighted by Gasteiger charge is -2.18. The summed E-state index contributed by atoms with van der Waals surface area (Å²) in [6, 6.07) is 27.6. The van der Waals surface area contributed by atoms with Gasteiger partial charge in [0.05, 0.1) is 5.56 Å². The maximum absolute atomic E-state index is 12.7. The molecule has 4 aromatic rings. The third kappa shape index (κ3) is 5.48. The summed E-state index contributed by atoms with van der Waals surface area (Å²) >= 11 is 0. The lowest BCUT2D eigenvalue weighted by molar-refractivity contribution is -0.137. The summed E-state index contributed by atoms with van der Waals surface area (Å²) in [6.07, 6.45) is -4.32. The molecule has 0 aromatic heterocycles. The number of halogens is 3. The molecule has 0 heterocycles. The molecule has 0 atom stereocenters. The molecule has 0 saturated carbocycles. The summed E-state index contributed by atoms with van der Waals surface area (Å²) in [5.41, 5.74) is 2.49. The van der Waals surface area contributed by atoms with Gasteiger partial charge in [-0.2, -0.15) is 13.2 Å². The van der Waals surface area contributed by atoms with E-state index in [9.17, 15) is 13.2 Å². The molecule has 0 aliphatic carbocycles. The van der Waals surface area contributed by atoms with Gasteiger partial charge < -0.3 is 4.74 Å². The molecule has 4 rings (SSSR count). The van der Waals surface area contributed by atoms with Crippen LogP contribution < -0.4 is 4.74 Å². The van der Waals surface area contributed by atoms with E-state index >= 15 is 0 Å². The van der Waals surface area contributed by atoms with E-state index in [2.05, 4.69) is 54.4 Å². The number of alkyl halides is 3. The molecule has 0 amide bonds.